The Morgan fingerprint density at radius 1 is 1.29 bits per heavy atom. The standard InChI is InChI=1S/C19H25N3O6/c1-12-14(17(23)21-8-5-13(6-9-21)19(25)27-3)15-16(28-12)20-11-22(18(15)24)7-4-10-26-2/h11,13H,4-10H2,1-3H3. The summed E-state index contributed by atoms with van der Waals surface area (Å²) in [7, 11) is 2.97. The summed E-state index contributed by atoms with van der Waals surface area (Å²) < 4.78 is 16.9. The Hall–Kier alpha value is -2.68. The summed E-state index contributed by atoms with van der Waals surface area (Å²) in [6.45, 7) is 3.47. The van der Waals surface area contributed by atoms with Gasteiger partial charge in [0, 0.05) is 33.4 Å². The number of fused-ring (bicyclic) bond motifs is 1. The molecule has 152 valence electrons. The number of hydrogen-bond donors (Lipinski definition) is 0. The average Bonchev–Trinajstić information content (AvgIpc) is 3.05. The SMILES string of the molecule is COCCCn1cnc2oc(C)c(C(=O)N3CCC(C(=O)OC)CC3)c2c1=O. The van der Waals surface area contributed by atoms with Crippen LogP contribution in [0.15, 0.2) is 15.5 Å². The Kier molecular flexibility index (Phi) is 6.13. The lowest BCUT2D eigenvalue weighted by Crippen LogP contribution is -2.41. The van der Waals surface area contributed by atoms with E-state index < -0.39 is 0 Å². The minimum Gasteiger partial charge on any atom is -0.469 e. The number of furan rings is 1. The maximum atomic E-state index is 13.1. The first-order valence-electron chi connectivity index (χ1n) is 9.32. The molecule has 9 nitrogen and oxygen atoms in total. The molecule has 1 amide bonds. The number of hydrogen-bond acceptors (Lipinski definition) is 7. The molecule has 0 unspecified atom stereocenters. The average molecular weight is 391 g/mol. The number of esters is 1. The molecule has 3 heterocycles. The van der Waals surface area contributed by atoms with E-state index in [1.165, 1.54) is 18.0 Å². The predicted molar refractivity (Wildman–Crippen MR) is 100 cm³/mol. The molecule has 0 aliphatic carbocycles. The van der Waals surface area contributed by atoms with Crippen molar-refractivity contribution >= 4 is 23.0 Å². The highest BCUT2D eigenvalue weighted by molar-refractivity contribution is 6.06. The minimum absolute atomic E-state index is 0.165. The van der Waals surface area contributed by atoms with Crippen molar-refractivity contribution in [2.45, 2.75) is 32.7 Å². The van der Waals surface area contributed by atoms with Crippen molar-refractivity contribution in [1.82, 2.24) is 14.5 Å². The summed E-state index contributed by atoms with van der Waals surface area (Å²) >= 11 is 0. The van der Waals surface area contributed by atoms with Crippen molar-refractivity contribution in [1.29, 1.82) is 0 Å². The number of aryl methyl sites for hydroxylation is 2. The highest BCUT2D eigenvalue weighted by Gasteiger charge is 2.31. The second-order valence-electron chi connectivity index (χ2n) is 6.89. The second-order valence-corrected chi connectivity index (χ2v) is 6.89. The van der Waals surface area contributed by atoms with Crippen molar-refractivity contribution in [2.24, 2.45) is 5.92 Å². The first kappa shape index (κ1) is 20.1. The molecule has 2 aromatic rings. The fraction of sp³-hybridized carbons (Fsp3) is 0.579. The van der Waals surface area contributed by atoms with Crippen LogP contribution in [-0.2, 0) is 20.8 Å². The van der Waals surface area contributed by atoms with Crippen LogP contribution in [0.25, 0.3) is 11.1 Å². The highest BCUT2D eigenvalue weighted by atomic mass is 16.5. The van der Waals surface area contributed by atoms with Gasteiger partial charge in [-0.2, -0.15) is 0 Å². The number of amides is 1. The topological polar surface area (TPSA) is 104 Å². The van der Waals surface area contributed by atoms with Crippen LogP contribution in [0.3, 0.4) is 0 Å². The number of carbonyl (C=O) groups excluding carboxylic acids is 2. The molecule has 2 aromatic heterocycles. The molecule has 0 aromatic carbocycles. The zero-order valence-corrected chi connectivity index (χ0v) is 16.4. The highest BCUT2D eigenvalue weighted by Crippen LogP contribution is 2.25. The van der Waals surface area contributed by atoms with Crippen molar-refractivity contribution in [3.05, 3.63) is 28.0 Å². The van der Waals surface area contributed by atoms with Gasteiger partial charge in [0.2, 0.25) is 5.71 Å². The van der Waals surface area contributed by atoms with Gasteiger partial charge in [0.25, 0.3) is 11.5 Å². The molecule has 0 saturated carbocycles. The van der Waals surface area contributed by atoms with Gasteiger partial charge >= 0.3 is 5.97 Å². The molecular weight excluding hydrogens is 366 g/mol. The van der Waals surface area contributed by atoms with E-state index in [1.807, 2.05) is 0 Å². The zero-order chi connectivity index (χ0) is 20.3. The van der Waals surface area contributed by atoms with Crippen molar-refractivity contribution in [2.75, 3.05) is 33.9 Å². The largest absolute Gasteiger partial charge is 0.469 e. The van der Waals surface area contributed by atoms with E-state index in [2.05, 4.69) is 4.98 Å². The lowest BCUT2D eigenvalue weighted by Gasteiger charge is -2.30. The molecule has 0 atom stereocenters. The quantitative estimate of drug-likeness (QED) is 0.541. The van der Waals surface area contributed by atoms with Gasteiger partial charge in [0.1, 0.15) is 17.5 Å². The zero-order valence-electron chi connectivity index (χ0n) is 16.4. The number of rotatable bonds is 6. The molecule has 1 fully saturated rings. The number of ether oxygens (including phenoxy) is 2. The molecule has 3 rings (SSSR count). The molecule has 0 bridgehead atoms. The van der Waals surface area contributed by atoms with Crippen molar-refractivity contribution in [3.8, 4) is 0 Å². The normalized spacial score (nSPS) is 15.2. The fourth-order valence-electron chi connectivity index (χ4n) is 3.58. The fourth-order valence-corrected chi connectivity index (χ4v) is 3.58. The van der Waals surface area contributed by atoms with Gasteiger partial charge in [0.15, 0.2) is 0 Å². The molecule has 9 heteroatoms. The monoisotopic (exact) mass is 391 g/mol. The second kappa shape index (κ2) is 8.55. The summed E-state index contributed by atoms with van der Waals surface area (Å²) in [5.41, 5.74) is 0.120. The van der Waals surface area contributed by atoms with Crippen LogP contribution >= 0.6 is 0 Å². The van der Waals surface area contributed by atoms with E-state index in [0.29, 0.717) is 51.3 Å². The first-order valence-corrected chi connectivity index (χ1v) is 9.32. The Bertz CT molecular complexity index is 924. The van der Waals surface area contributed by atoms with Gasteiger partial charge in [-0.15, -0.1) is 0 Å². The van der Waals surface area contributed by atoms with E-state index >= 15 is 0 Å². The first-order chi connectivity index (χ1) is 13.5. The molecule has 1 aliphatic heterocycles. The number of likely N-dealkylation sites (tertiary alicyclic amines) is 1. The smallest absolute Gasteiger partial charge is 0.308 e. The van der Waals surface area contributed by atoms with Crippen LogP contribution in [0.2, 0.25) is 0 Å². The molecular formula is C19H25N3O6. The Balaban J connectivity index is 1.87. The summed E-state index contributed by atoms with van der Waals surface area (Å²) in [4.78, 5) is 43.6. The number of piperidine rings is 1. The maximum Gasteiger partial charge on any atom is 0.308 e. The van der Waals surface area contributed by atoms with Crippen LogP contribution in [0, 0.1) is 12.8 Å². The number of nitrogens with zero attached hydrogens (tertiary/aromatic N) is 3. The van der Waals surface area contributed by atoms with Crippen molar-refractivity contribution < 1.29 is 23.5 Å². The van der Waals surface area contributed by atoms with Gasteiger partial charge in [0.05, 0.1) is 18.6 Å². The summed E-state index contributed by atoms with van der Waals surface area (Å²) in [6, 6.07) is 0. The third-order valence-electron chi connectivity index (χ3n) is 5.13. The molecule has 0 radical (unpaired) electrons. The van der Waals surface area contributed by atoms with E-state index in [4.69, 9.17) is 13.9 Å². The molecule has 1 aliphatic rings. The van der Waals surface area contributed by atoms with Gasteiger partial charge in [-0.1, -0.05) is 0 Å². The Morgan fingerprint density at radius 2 is 2.00 bits per heavy atom. The van der Waals surface area contributed by atoms with Crippen LogP contribution in [0.5, 0.6) is 0 Å². The van der Waals surface area contributed by atoms with Gasteiger partial charge in [-0.3, -0.25) is 19.0 Å². The Morgan fingerprint density at radius 3 is 2.64 bits per heavy atom. The minimum atomic E-state index is -0.300. The Labute approximate surface area is 162 Å². The van der Waals surface area contributed by atoms with E-state index in [-0.39, 0.29) is 40.0 Å². The van der Waals surface area contributed by atoms with Crippen LogP contribution < -0.4 is 5.56 Å². The van der Waals surface area contributed by atoms with Crippen LogP contribution in [0.4, 0.5) is 0 Å². The predicted octanol–water partition coefficient (Wildman–Crippen LogP) is 1.36. The lowest BCUT2D eigenvalue weighted by atomic mass is 9.96. The van der Waals surface area contributed by atoms with Gasteiger partial charge in [-0.25, -0.2) is 4.98 Å². The summed E-state index contributed by atoms with van der Waals surface area (Å²) in [6.07, 6.45) is 3.16. The maximum absolute atomic E-state index is 13.1. The van der Waals surface area contributed by atoms with E-state index in [1.54, 1.807) is 18.9 Å². The van der Waals surface area contributed by atoms with Gasteiger partial charge in [-0.05, 0) is 26.2 Å². The third-order valence-corrected chi connectivity index (χ3v) is 5.13. The third kappa shape index (κ3) is 3.80. The lowest BCUT2D eigenvalue weighted by molar-refractivity contribution is -0.146. The molecule has 0 N–H and O–H groups in total. The molecule has 1 saturated heterocycles. The summed E-state index contributed by atoms with van der Waals surface area (Å²) in [5, 5.41) is 0.206. The number of aromatic nitrogens is 2. The number of methoxy groups -OCH3 is 2. The van der Waals surface area contributed by atoms with Crippen LogP contribution in [0.1, 0.15) is 35.4 Å². The van der Waals surface area contributed by atoms with Gasteiger partial charge < -0.3 is 18.8 Å². The number of carbonyl (C=O) groups is 2. The summed E-state index contributed by atoms with van der Waals surface area (Å²) in [5.74, 6) is -0.349. The van der Waals surface area contributed by atoms with E-state index in [0.717, 1.165) is 0 Å². The van der Waals surface area contributed by atoms with E-state index in [9.17, 15) is 14.4 Å². The molecule has 28 heavy (non-hydrogen) atoms. The molecule has 0 spiro atoms. The van der Waals surface area contributed by atoms with Crippen LogP contribution in [-0.4, -0.2) is 60.2 Å². The van der Waals surface area contributed by atoms with Crippen molar-refractivity contribution in [3.63, 3.8) is 0 Å².